The Hall–Kier alpha value is -1.28. The lowest BCUT2D eigenvalue weighted by atomic mass is 10.1. The first-order valence-corrected chi connectivity index (χ1v) is 10.2. The molecule has 0 radical (unpaired) electrons. The third kappa shape index (κ3) is 7.95. The second-order valence-corrected chi connectivity index (χ2v) is 7.73. The van der Waals surface area contributed by atoms with E-state index in [4.69, 9.17) is 14.7 Å². The second-order valence-electron chi connectivity index (χ2n) is 6.46. The first kappa shape index (κ1) is 21.0. The summed E-state index contributed by atoms with van der Waals surface area (Å²) in [5.41, 5.74) is 2.13. The molecule has 1 heterocycles. The van der Waals surface area contributed by atoms with Crippen molar-refractivity contribution in [3.05, 3.63) is 24.3 Å². The van der Waals surface area contributed by atoms with Gasteiger partial charge in [0.25, 0.3) is 0 Å². The van der Waals surface area contributed by atoms with Crippen molar-refractivity contribution >= 4 is 17.7 Å². The summed E-state index contributed by atoms with van der Waals surface area (Å²) in [6.07, 6.45) is 6.41. The monoisotopic (exact) mass is 383 g/mol. The Morgan fingerprint density at radius 2 is 1.88 bits per heavy atom. The van der Waals surface area contributed by atoms with Crippen LogP contribution in [-0.2, 0) is 9.53 Å². The predicted molar refractivity (Wildman–Crippen MR) is 101 cm³/mol. The first-order chi connectivity index (χ1) is 12.7. The van der Waals surface area contributed by atoms with Gasteiger partial charge in [-0.2, -0.15) is 0 Å². The van der Waals surface area contributed by atoms with Crippen LogP contribution in [0, 0.1) is 0 Å². The zero-order chi connectivity index (χ0) is 18.6. The van der Waals surface area contributed by atoms with Crippen molar-refractivity contribution in [3.63, 3.8) is 0 Å². The third-order valence-corrected chi connectivity index (χ3v) is 5.62. The van der Waals surface area contributed by atoms with Crippen LogP contribution in [0.2, 0.25) is 0 Å². The Balaban J connectivity index is 1.75. The Morgan fingerprint density at radius 1 is 1.19 bits per heavy atom. The number of hydrogen-bond donors (Lipinski definition) is 3. The Bertz CT molecular complexity index is 519. The van der Waals surface area contributed by atoms with E-state index < -0.39 is 11.2 Å². The fraction of sp³-hybridized carbons (Fsp3) is 0.632. The van der Waals surface area contributed by atoms with Crippen LogP contribution in [0.4, 0.5) is 0 Å². The van der Waals surface area contributed by atoms with Crippen LogP contribution in [-0.4, -0.2) is 47.4 Å². The molecule has 1 aromatic rings. The number of unbranched alkanes of at least 4 members (excludes halogenated alkanes) is 3. The number of thioether (sulfide) groups is 1. The molecule has 26 heavy (non-hydrogen) atoms. The highest BCUT2D eigenvalue weighted by Crippen LogP contribution is 2.29. The molecule has 1 aromatic carbocycles. The van der Waals surface area contributed by atoms with Crippen molar-refractivity contribution in [2.24, 2.45) is 0 Å². The Labute approximate surface area is 159 Å². The highest BCUT2D eigenvalue weighted by atomic mass is 32.2. The smallest absolute Gasteiger partial charge is 0.316 e. The normalized spacial score (nSPS) is 16.3. The van der Waals surface area contributed by atoms with Gasteiger partial charge in [-0.05, 0) is 37.1 Å². The number of nitrogens with one attached hydrogen (secondary N) is 1. The Morgan fingerprint density at radius 3 is 2.54 bits per heavy atom. The van der Waals surface area contributed by atoms with E-state index in [2.05, 4.69) is 5.48 Å². The average molecular weight is 384 g/mol. The maximum atomic E-state index is 11.5. The van der Waals surface area contributed by atoms with E-state index >= 15 is 0 Å². The minimum absolute atomic E-state index is 0.204. The summed E-state index contributed by atoms with van der Waals surface area (Å²) in [5.74, 6) is 0.0557. The highest BCUT2D eigenvalue weighted by Gasteiger charge is 2.19. The number of benzene rings is 1. The lowest BCUT2D eigenvalue weighted by Crippen LogP contribution is -2.25. The largest absolute Gasteiger partial charge is 0.490 e. The van der Waals surface area contributed by atoms with Crippen molar-refractivity contribution in [2.45, 2.75) is 61.2 Å². The summed E-state index contributed by atoms with van der Waals surface area (Å²) in [4.78, 5) is 12.4. The predicted octanol–water partition coefficient (Wildman–Crippen LogP) is 3.72. The van der Waals surface area contributed by atoms with Gasteiger partial charge in [-0.15, -0.1) is 11.8 Å². The fourth-order valence-electron chi connectivity index (χ4n) is 2.87. The minimum Gasteiger partial charge on any atom is -0.490 e. The minimum atomic E-state index is -0.769. The van der Waals surface area contributed by atoms with E-state index in [0.717, 1.165) is 62.4 Å². The molecular weight excluding hydrogens is 354 g/mol. The molecule has 1 unspecified atom stereocenters. The number of hydroxylamine groups is 1. The molecule has 1 fully saturated rings. The van der Waals surface area contributed by atoms with Gasteiger partial charge >= 0.3 is 5.97 Å². The van der Waals surface area contributed by atoms with E-state index in [1.165, 1.54) is 11.8 Å². The van der Waals surface area contributed by atoms with Gasteiger partial charge < -0.3 is 19.8 Å². The molecule has 0 aromatic heterocycles. The van der Waals surface area contributed by atoms with Crippen LogP contribution in [0.25, 0.3) is 0 Å². The summed E-state index contributed by atoms with van der Waals surface area (Å²) in [5, 5.41) is 17.5. The highest BCUT2D eigenvalue weighted by molar-refractivity contribution is 8.00. The van der Waals surface area contributed by atoms with Crippen molar-refractivity contribution in [1.82, 2.24) is 5.48 Å². The summed E-state index contributed by atoms with van der Waals surface area (Å²) >= 11 is 1.39. The first-order valence-electron chi connectivity index (χ1n) is 9.30. The van der Waals surface area contributed by atoms with Crippen LogP contribution in [0.3, 0.4) is 0 Å². The molecule has 2 rings (SSSR count). The van der Waals surface area contributed by atoms with E-state index in [9.17, 15) is 9.90 Å². The van der Waals surface area contributed by atoms with Gasteiger partial charge in [0.2, 0.25) is 0 Å². The number of carboxylic acid groups (broad SMARTS) is 1. The van der Waals surface area contributed by atoms with Crippen molar-refractivity contribution in [1.29, 1.82) is 0 Å². The molecule has 146 valence electrons. The van der Waals surface area contributed by atoms with Crippen LogP contribution >= 0.6 is 11.8 Å². The van der Waals surface area contributed by atoms with E-state index in [1.54, 1.807) is 0 Å². The molecule has 0 saturated carbocycles. The molecule has 0 aliphatic carbocycles. The molecule has 1 aliphatic heterocycles. The molecule has 1 atom stereocenters. The number of rotatable bonds is 12. The molecule has 1 saturated heterocycles. The average Bonchev–Trinajstić information content (AvgIpc) is 2.65. The summed E-state index contributed by atoms with van der Waals surface area (Å²) < 4.78 is 11.3. The molecule has 3 N–H and O–H groups in total. The molecule has 0 spiro atoms. The maximum absolute atomic E-state index is 11.5. The number of carboxylic acids is 1. The van der Waals surface area contributed by atoms with Crippen molar-refractivity contribution in [3.8, 4) is 5.75 Å². The van der Waals surface area contributed by atoms with Gasteiger partial charge in [-0.25, -0.2) is 5.48 Å². The molecule has 1 aliphatic rings. The van der Waals surface area contributed by atoms with Crippen molar-refractivity contribution < 1.29 is 24.6 Å². The van der Waals surface area contributed by atoms with Gasteiger partial charge in [-0.1, -0.05) is 19.3 Å². The molecule has 6 nitrogen and oxygen atoms in total. The maximum Gasteiger partial charge on any atom is 0.316 e. The second kappa shape index (κ2) is 12.2. The zero-order valence-electron chi connectivity index (χ0n) is 15.1. The summed E-state index contributed by atoms with van der Waals surface area (Å²) in [6, 6.07) is 7.70. The van der Waals surface area contributed by atoms with E-state index in [0.29, 0.717) is 13.0 Å². The lowest BCUT2D eigenvalue weighted by molar-refractivity contribution is -0.136. The van der Waals surface area contributed by atoms with Gasteiger partial charge in [-0.3, -0.25) is 4.79 Å². The van der Waals surface area contributed by atoms with Gasteiger partial charge in [0.1, 0.15) is 17.1 Å². The fourth-order valence-corrected chi connectivity index (χ4v) is 3.87. The van der Waals surface area contributed by atoms with E-state index in [1.807, 2.05) is 24.3 Å². The lowest BCUT2D eigenvalue weighted by Gasteiger charge is -2.23. The number of ether oxygens (including phenoxy) is 2. The van der Waals surface area contributed by atoms with Gasteiger partial charge in [0.15, 0.2) is 0 Å². The number of aliphatic carboxylic acids is 1. The SMILES string of the molecule is O=C(O)C(CCCCCCNO)Sc1ccc(OC2CCOCC2)cc1. The molecule has 0 bridgehead atoms. The Kier molecular flexibility index (Phi) is 9.84. The molecular formula is C19H29NO5S. The number of hydrogen-bond acceptors (Lipinski definition) is 6. The van der Waals surface area contributed by atoms with Crippen LogP contribution in [0.1, 0.15) is 44.9 Å². The molecule has 0 amide bonds. The van der Waals surface area contributed by atoms with Crippen molar-refractivity contribution in [2.75, 3.05) is 19.8 Å². The standard InChI is InChI=1S/C19H29NO5S/c21-19(22)18(5-3-1-2-4-12-20-23)26-17-8-6-15(7-9-17)25-16-10-13-24-14-11-16/h6-9,16,18,20,23H,1-5,10-14H2,(H,21,22). The van der Waals surface area contributed by atoms with Crippen LogP contribution in [0.15, 0.2) is 29.2 Å². The van der Waals surface area contributed by atoms with Gasteiger partial charge in [0.05, 0.1) is 13.2 Å². The van der Waals surface area contributed by atoms with Crippen LogP contribution in [0.5, 0.6) is 5.75 Å². The summed E-state index contributed by atoms with van der Waals surface area (Å²) in [6.45, 7) is 2.07. The topological polar surface area (TPSA) is 88.0 Å². The van der Waals surface area contributed by atoms with Crippen LogP contribution < -0.4 is 10.2 Å². The summed E-state index contributed by atoms with van der Waals surface area (Å²) in [7, 11) is 0. The number of carbonyl (C=O) groups is 1. The van der Waals surface area contributed by atoms with E-state index in [-0.39, 0.29) is 6.10 Å². The van der Waals surface area contributed by atoms with Gasteiger partial charge in [0, 0.05) is 24.3 Å². The third-order valence-electron chi connectivity index (χ3n) is 4.35. The quantitative estimate of drug-likeness (QED) is 0.288. The molecule has 7 heteroatoms. The zero-order valence-corrected chi connectivity index (χ0v) is 15.9.